The SMILES string of the molecule is CN=C(NCCc1cccc(Cl)c1)N1CCC(C)CC1. The monoisotopic (exact) mass is 293 g/mol. The highest BCUT2D eigenvalue weighted by Gasteiger charge is 2.18. The molecule has 0 amide bonds. The summed E-state index contributed by atoms with van der Waals surface area (Å²) in [5, 5.41) is 4.26. The smallest absolute Gasteiger partial charge is 0.193 e. The van der Waals surface area contributed by atoms with Gasteiger partial charge in [0.15, 0.2) is 5.96 Å². The van der Waals surface area contributed by atoms with Gasteiger partial charge in [-0.15, -0.1) is 0 Å². The van der Waals surface area contributed by atoms with Crippen molar-refractivity contribution in [3.63, 3.8) is 0 Å². The van der Waals surface area contributed by atoms with Crippen molar-refractivity contribution in [2.45, 2.75) is 26.2 Å². The summed E-state index contributed by atoms with van der Waals surface area (Å²) < 4.78 is 0. The number of piperidine rings is 1. The normalized spacial score (nSPS) is 17.4. The fourth-order valence-corrected chi connectivity index (χ4v) is 2.78. The molecule has 0 bridgehead atoms. The van der Waals surface area contributed by atoms with Crippen molar-refractivity contribution in [1.82, 2.24) is 10.2 Å². The van der Waals surface area contributed by atoms with Crippen LogP contribution in [0.1, 0.15) is 25.3 Å². The summed E-state index contributed by atoms with van der Waals surface area (Å²) in [6.07, 6.45) is 3.48. The van der Waals surface area contributed by atoms with Crippen LogP contribution in [0, 0.1) is 5.92 Å². The highest BCUT2D eigenvalue weighted by atomic mass is 35.5. The molecule has 1 N–H and O–H groups in total. The van der Waals surface area contributed by atoms with Gasteiger partial charge in [0.2, 0.25) is 0 Å². The lowest BCUT2D eigenvalue weighted by Crippen LogP contribution is -2.45. The number of hydrogen-bond donors (Lipinski definition) is 1. The molecule has 1 aliphatic rings. The molecule has 1 aromatic rings. The molecule has 0 aromatic heterocycles. The summed E-state index contributed by atoms with van der Waals surface area (Å²) in [6, 6.07) is 8.04. The molecule has 0 unspecified atom stereocenters. The number of nitrogens with one attached hydrogen (secondary N) is 1. The van der Waals surface area contributed by atoms with Gasteiger partial charge in [-0.2, -0.15) is 0 Å². The highest BCUT2D eigenvalue weighted by molar-refractivity contribution is 6.30. The molecule has 1 aromatic carbocycles. The number of aliphatic imine (C=N–C) groups is 1. The first kappa shape index (κ1) is 15.2. The Labute approximate surface area is 127 Å². The fraction of sp³-hybridized carbons (Fsp3) is 0.562. The van der Waals surface area contributed by atoms with Crippen LogP contribution in [0.15, 0.2) is 29.3 Å². The van der Waals surface area contributed by atoms with Gasteiger partial charge in [-0.1, -0.05) is 30.7 Å². The fourth-order valence-electron chi connectivity index (χ4n) is 2.56. The molecule has 3 nitrogen and oxygen atoms in total. The van der Waals surface area contributed by atoms with Crippen LogP contribution in [0.4, 0.5) is 0 Å². The summed E-state index contributed by atoms with van der Waals surface area (Å²) in [4.78, 5) is 6.75. The van der Waals surface area contributed by atoms with E-state index >= 15 is 0 Å². The third kappa shape index (κ3) is 4.41. The predicted molar refractivity (Wildman–Crippen MR) is 86.5 cm³/mol. The standard InChI is InChI=1S/C16H24ClN3/c1-13-7-10-20(11-8-13)16(18-2)19-9-6-14-4-3-5-15(17)12-14/h3-5,12-13H,6-11H2,1-2H3,(H,18,19). The molecule has 1 fully saturated rings. The van der Waals surface area contributed by atoms with Crippen LogP contribution >= 0.6 is 11.6 Å². The van der Waals surface area contributed by atoms with Gasteiger partial charge in [0.1, 0.15) is 0 Å². The van der Waals surface area contributed by atoms with Crippen molar-refractivity contribution in [3.8, 4) is 0 Å². The van der Waals surface area contributed by atoms with E-state index in [1.807, 2.05) is 25.2 Å². The minimum Gasteiger partial charge on any atom is -0.356 e. The molecule has 0 saturated carbocycles. The molecule has 20 heavy (non-hydrogen) atoms. The second-order valence-corrected chi connectivity index (χ2v) is 5.96. The van der Waals surface area contributed by atoms with E-state index in [0.717, 1.165) is 43.0 Å². The second kappa shape index (κ2) is 7.53. The van der Waals surface area contributed by atoms with Gasteiger partial charge >= 0.3 is 0 Å². The molecule has 0 aliphatic carbocycles. The Balaban J connectivity index is 1.80. The van der Waals surface area contributed by atoms with Crippen molar-refractivity contribution in [3.05, 3.63) is 34.9 Å². The Hall–Kier alpha value is -1.22. The van der Waals surface area contributed by atoms with E-state index in [0.29, 0.717) is 0 Å². The van der Waals surface area contributed by atoms with Crippen LogP contribution in [0.5, 0.6) is 0 Å². The second-order valence-electron chi connectivity index (χ2n) is 5.52. The molecular weight excluding hydrogens is 270 g/mol. The van der Waals surface area contributed by atoms with E-state index in [-0.39, 0.29) is 0 Å². The first-order chi connectivity index (χ1) is 9.69. The molecular formula is C16H24ClN3. The molecule has 110 valence electrons. The maximum absolute atomic E-state index is 6.00. The molecule has 0 spiro atoms. The lowest BCUT2D eigenvalue weighted by molar-refractivity contribution is 0.273. The molecule has 1 heterocycles. The molecule has 1 aliphatic heterocycles. The van der Waals surface area contributed by atoms with E-state index in [9.17, 15) is 0 Å². The minimum absolute atomic E-state index is 0.803. The summed E-state index contributed by atoms with van der Waals surface area (Å²) in [7, 11) is 1.86. The summed E-state index contributed by atoms with van der Waals surface area (Å²) in [5.41, 5.74) is 1.26. The first-order valence-corrected chi connectivity index (χ1v) is 7.77. The third-order valence-corrected chi connectivity index (χ3v) is 4.12. The van der Waals surface area contributed by atoms with E-state index < -0.39 is 0 Å². The van der Waals surface area contributed by atoms with Gasteiger partial charge in [0, 0.05) is 31.7 Å². The number of hydrogen-bond acceptors (Lipinski definition) is 1. The van der Waals surface area contributed by atoms with Gasteiger partial charge in [-0.3, -0.25) is 4.99 Å². The Morgan fingerprint density at radius 1 is 1.40 bits per heavy atom. The van der Waals surface area contributed by atoms with E-state index in [1.165, 1.54) is 18.4 Å². The van der Waals surface area contributed by atoms with E-state index in [1.54, 1.807) is 0 Å². The van der Waals surface area contributed by atoms with E-state index in [4.69, 9.17) is 11.6 Å². The number of rotatable bonds is 3. The van der Waals surface area contributed by atoms with E-state index in [2.05, 4.69) is 28.2 Å². The van der Waals surface area contributed by atoms with Gasteiger partial charge < -0.3 is 10.2 Å². The van der Waals surface area contributed by atoms with Crippen molar-refractivity contribution < 1.29 is 0 Å². The minimum atomic E-state index is 0.803. The Bertz CT molecular complexity index is 451. The average Bonchev–Trinajstić information content (AvgIpc) is 2.45. The van der Waals surface area contributed by atoms with Crippen LogP contribution in [0.2, 0.25) is 5.02 Å². The number of nitrogens with zero attached hydrogens (tertiary/aromatic N) is 2. The predicted octanol–water partition coefficient (Wildman–Crippen LogP) is 3.19. The lowest BCUT2D eigenvalue weighted by Gasteiger charge is -2.32. The Morgan fingerprint density at radius 3 is 2.80 bits per heavy atom. The van der Waals surface area contributed by atoms with Crippen LogP contribution in [0.25, 0.3) is 0 Å². The summed E-state index contributed by atoms with van der Waals surface area (Å²) in [6.45, 7) is 5.43. The van der Waals surface area contributed by atoms with Gasteiger partial charge in [-0.25, -0.2) is 0 Å². The lowest BCUT2D eigenvalue weighted by atomic mass is 10.00. The molecule has 4 heteroatoms. The maximum Gasteiger partial charge on any atom is 0.193 e. The van der Waals surface area contributed by atoms with Gasteiger partial charge in [0.25, 0.3) is 0 Å². The quantitative estimate of drug-likeness (QED) is 0.685. The number of guanidine groups is 1. The largest absolute Gasteiger partial charge is 0.356 e. The maximum atomic E-state index is 6.00. The number of halogens is 1. The highest BCUT2D eigenvalue weighted by Crippen LogP contribution is 2.16. The molecule has 0 atom stereocenters. The zero-order valence-electron chi connectivity index (χ0n) is 12.4. The van der Waals surface area contributed by atoms with Crippen LogP contribution < -0.4 is 5.32 Å². The van der Waals surface area contributed by atoms with Crippen molar-refractivity contribution >= 4 is 17.6 Å². The van der Waals surface area contributed by atoms with Crippen LogP contribution in [-0.2, 0) is 6.42 Å². The van der Waals surface area contributed by atoms with Crippen molar-refractivity contribution in [2.24, 2.45) is 10.9 Å². The topological polar surface area (TPSA) is 27.6 Å². The Kier molecular flexibility index (Phi) is 5.72. The molecule has 2 rings (SSSR count). The van der Waals surface area contributed by atoms with Gasteiger partial charge in [-0.05, 0) is 42.9 Å². The summed E-state index contributed by atoms with van der Waals surface area (Å²) >= 11 is 6.00. The van der Waals surface area contributed by atoms with Gasteiger partial charge in [0.05, 0.1) is 0 Å². The third-order valence-electron chi connectivity index (χ3n) is 3.88. The first-order valence-electron chi connectivity index (χ1n) is 7.39. The number of likely N-dealkylation sites (tertiary alicyclic amines) is 1. The van der Waals surface area contributed by atoms with Crippen molar-refractivity contribution in [1.29, 1.82) is 0 Å². The van der Waals surface area contributed by atoms with Crippen LogP contribution in [0.3, 0.4) is 0 Å². The molecule has 1 saturated heterocycles. The zero-order chi connectivity index (χ0) is 14.4. The van der Waals surface area contributed by atoms with Crippen molar-refractivity contribution in [2.75, 3.05) is 26.7 Å². The zero-order valence-corrected chi connectivity index (χ0v) is 13.2. The van der Waals surface area contributed by atoms with Crippen LogP contribution in [-0.4, -0.2) is 37.5 Å². The summed E-state index contributed by atoms with van der Waals surface area (Å²) in [5.74, 6) is 1.87. The molecule has 0 radical (unpaired) electrons. The Morgan fingerprint density at radius 2 is 2.15 bits per heavy atom. The average molecular weight is 294 g/mol. The number of benzene rings is 1.